The van der Waals surface area contributed by atoms with Gasteiger partial charge in [0.2, 0.25) is 5.91 Å². The van der Waals surface area contributed by atoms with Crippen LogP contribution in [0, 0.1) is 0 Å². The Kier molecular flexibility index (Phi) is 4.81. The monoisotopic (exact) mass is 343 g/mol. The Morgan fingerprint density at radius 3 is 2.73 bits per heavy atom. The lowest BCUT2D eigenvalue weighted by Gasteiger charge is -2.24. The maximum Gasteiger partial charge on any atom is 0.304 e. The quantitative estimate of drug-likeness (QED) is 0.849. The molecule has 0 bridgehead atoms. The molecule has 120 valence electrons. The summed E-state index contributed by atoms with van der Waals surface area (Å²) in [5.74, 6) is -1.31. The van der Waals surface area contributed by atoms with Crippen molar-refractivity contribution < 1.29 is 23.1 Å². The number of carboxylic acids is 1. The third kappa shape index (κ3) is 3.27. The van der Waals surface area contributed by atoms with E-state index in [9.17, 15) is 18.0 Å². The minimum absolute atomic E-state index is 0.0239. The predicted octanol–water partition coefficient (Wildman–Crippen LogP) is 2.15. The lowest BCUT2D eigenvalue weighted by atomic mass is 10.2. The van der Waals surface area contributed by atoms with E-state index >= 15 is 0 Å². The van der Waals surface area contributed by atoms with Crippen LogP contribution in [-0.4, -0.2) is 35.9 Å². The number of nitrogens with one attached hydrogen (secondary N) is 1. The third-order valence-electron chi connectivity index (χ3n) is 3.46. The van der Waals surface area contributed by atoms with Gasteiger partial charge in [-0.05, 0) is 31.5 Å². The van der Waals surface area contributed by atoms with Crippen LogP contribution in [0.4, 0.5) is 5.69 Å². The van der Waals surface area contributed by atoms with Crippen molar-refractivity contribution in [2.75, 3.05) is 5.32 Å². The summed E-state index contributed by atoms with van der Waals surface area (Å²) in [5, 5.41) is 10.3. The normalized spacial score (nSPS) is 19.2. The van der Waals surface area contributed by atoms with Gasteiger partial charge in [-0.3, -0.25) is 9.59 Å². The molecule has 1 aliphatic heterocycles. The molecule has 6 nitrogen and oxygen atoms in total. The molecule has 0 aliphatic carbocycles. The molecule has 0 aromatic heterocycles. The summed E-state index contributed by atoms with van der Waals surface area (Å²) in [6, 6.07) is 4.52. The zero-order valence-electron chi connectivity index (χ0n) is 12.2. The highest BCUT2D eigenvalue weighted by Crippen LogP contribution is 2.38. The van der Waals surface area contributed by atoms with E-state index in [1.54, 1.807) is 6.07 Å². The lowest BCUT2D eigenvalue weighted by Crippen LogP contribution is -2.28. The molecule has 8 heteroatoms. The van der Waals surface area contributed by atoms with Crippen LogP contribution in [0.3, 0.4) is 0 Å². The molecule has 0 spiro atoms. The van der Waals surface area contributed by atoms with Crippen molar-refractivity contribution in [2.45, 2.75) is 47.0 Å². The Labute approximate surface area is 133 Å². The first-order chi connectivity index (χ1) is 10.3. The molecule has 0 unspecified atom stereocenters. The van der Waals surface area contributed by atoms with Crippen molar-refractivity contribution in [1.82, 2.24) is 0 Å². The first-order valence-electron chi connectivity index (χ1n) is 6.83. The molecule has 0 saturated heterocycles. The second-order valence-electron chi connectivity index (χ2n) is 5.12. The summed E-state index contributed by atoms with van der Waals surface area (Å²) in [4.78, 5) is 23.4. The number of hydrogen-bond acceptors (Lipinski definition) is 5. The number of carbonyl (C=O) groups is 2. The highest BCUT2D eigenvalue weighted by molar-refractivity contribution is 8.01. The summed E-state index contributed by atoms with van der Waals surface area (Å²) in [7, 11) is -3.75. The number of aliphatic carboxylic acids is 1. The molecule has 22 heavy (non-hydrogen) atoms. The van der Waals surface area contributed by atoms with E-state index in [2.05, 4.69) is 5.32 Å². The average Bonchev–Trinajstić information content (AvgIpc) is 2.45. The maximum atomic E-state index is 12.4. The molecule has 2 rings (SSSR count). The molecule has 0 saturated carbocycles. The highest BCUT2D eigenvalue weighted by Gasteiger charge is 2.29. The predicted molar refractivity (Wildman–Crippen MR) is 83.9 cm³/mol. The zero-order valence-corrected chi connectivity index (χ0v) is 13.8. The van der Waals surface area contributed by atoms with E-state index < -0.39 is 27.5 Å². The first kappa shape index (κ1) is 16.8. The average molecular weight is 343 g/mol. The van der Waals surface area contributed by atoms with E-state index in [0.29, 0.717) is 12.1 Å². The Morgan fingerprint density at radius 2 is 2.14 bits per heavy atom. The number of amides is 1. The minimum atomic E-state index is -3.75. The minimum Gasteiger partial charge on any atom is -0.481 e. The molecular weight excluding hydrogens is 326 g/mol. The molecule has 2 N–H and O–H groups in total. The van der Waals surface area contributed by atoms with Gasteiger partial charge in [0, 0.05) is 4.90 Å². The Morgan fingerprint density at radius 1 is 1.45 bits per heavy atom. The van der Waals surface area contributed by atoms with Gasteiger partial charge in [0.25, 0.3) is 0 Å². The van der Waals surface area contributed by atoms with Gasteiger partial charge in [0.05, 0.1) is 27.5 Å². The number of sulfone groups is 1. The number of benzene rings is 1. The maximum absolute atomic E-state index is 12.4. The molecule has 0 radical (unpaired) electrons. The van der Waals surface area contributed by atoms with Crippen LogP contribution in [-0.2, 0) is 19.4 Å². The molecule has 1 aromatic rings. The summed E-state index contributed by atoms with van der Waals surface area (Å²) < 4.78 is 24.7. The number of rotatable bonds is 5. The second kappa shape index (κ2) is 6.29. The van der Waals surface area contributed by atoms with Gasteiger partial charge in [-0.15, -0.1) is 11.8 Å². The number of hydrogen-bond donors (Lipinski definition) is 2. The zero-order chi connectivity index (χ0) is 16.5. The van der Waals surface area contributed by atoms with Crippen LogP contribution in [0.25, 0.3) is 0 Å². The molecule has 1 aromatic carbocycles. The van der Waals surface area contributed by atoms with Crippen molar-refractivity contribution in [1.29, 1.82) is 0 Å². The van der Waals surface area contributed by atoms with Crippen LogP contribution < -0.4 is 5.32 Å². The molecule has 1 aliphatic rings. The van der Waals surface area contributed by atoms with E-state index in [4.69, 9.17) is 5.11 Å². The smallest absolute Gasteiger partial charge is 0.304 e. The largest absolute Gasteiger partial charge is 0.481 e. The number of thioether (sulfide) groups is 1. The van der Waals surface area contributed by atoms with Crippen molar-refractivity contribution >= 4 is 39.2 Å². The summed E-state index contributed by atoms with van der Waals surface area (Å²) in [5.41, 5.74) is 0.461. The van der Waals surface area contributed by atoms with Crippen molar-refractivity contribution in [3.63, 3.8) is 0 Å². The van der Waals surface area contributed by atoms with Crippen LogP contribution in [0.15, 0.2) is 28.0 Å². The summed E-state index contributed by atoms with van der Waals surface area (Å²) in [6.45, 7) is 3.28. The second-order valence-corrected chi connectivity index (χ2v) is 8.73. The van der Waals surface area contributed by atoms with Gasteiger partial charge in [-0.25, -0.2) is 8.42 Å². The first-order valence-corrected chi connectivity index (χ1v) is 9.25. The number of fused-ring (bicyclic) bond motifs is 1. The molecule has 2 atom stereocenters. The van der Waals surface area contributed by atoms with Crippen molar-refractivity contribution in [3.05, 3.63) is 18.2 Å². The van der Waals surface area contributed by atoms with Crippen LogP contribution in [0.5, 0.6) is 0 Å². The lowest BCUT2D eigenvalue weighted by molar-refractivity contribution is -0.137. The molecule has 0 fully saturated rings. The van der Waals surface area contributed by atoms with Gasteiger partial charge >= 0.3 is 5.97 Å². The standard InChI is InChI=1S/C14H17NO5S2/c1-3-11-14(18)15-10-7-9(4-5-12(10)21-11)22(19,20)8(2)6-13(16)17/h4-5,7-8,11H,3,6H2,1-2H3,(H,15,18)(H,16,17)/t8-,11+/m1/s1. The molecular formula is C14H17NO5S2. The topological polar surface area (TPSA) is 101 Å². The fourth-order valence-corrected chi connectivity index (χ4v) is 4.55. The SMILES string of the molecule is CC[C@@H]1Sc2ccc(S(=O)(=O)[C@H](C)CC(=O)O)cc2NC1=O. The van der Waals surface area contributed by atoms with Gasteiger partial charge < -0.3 is 10.4 Å². The Hall–Kier alpha value is -1.54. The van der Waals surface area contributed by atoms with Crippen LogP contribution in [0.2, 0.25) is 0 Å². The third-order valence-corrected chi connectivity index (χ3v) is 7.04. The fourth-order valence-electron chi connectivity index (χ4n) is 2.16. The summed E-state index contributed by atoms with van der Waals surface area (Å²) in [6.07, 6.45) is 0.226. The molecule has 1 heterocycles. The Bertz CT molecular complexity index is 714. The van der Waals surface area contributed by atoms with Gasteiger partial charge in [-0.1, -0.05) is 6.92 Å². The number of anilines is 1. The number of carboxylic acid groups (broad SMARTS) is 1. The molecule has 1 amide bonds. The van der Waals surface area contributed by atoms with E-state index in [1.165, 1.54) is 30.8 Å². The van der Waals surface area contributed by atoms with Crippen LogP contribution in [0.1, 0.15) is 26.7 Å². The Balaban J connectivity index is 2.34. The van der Waals surface area contributed by atoms with Crippen molar-refractivity contribution in [2.24, 2.45) is 0 Å². The fraction of sp³-hybridized carbons (Fsp3) is 0.429. The van der Waals surface area contributed by atoms with Gasteiger partial charge in [-0.2, -0.15) is 0 Å². The van der Waals surface area contributed by atoms with Crippen molar-refractivity contribution in [3.8, 4) is 0 Å². The summed E-state index contributed by atoms with van der Waals surface area (Å²) >= 11 is 1.40. The van der Waals surface area contributed by atoms with Crippen LogP contribution >= 0.6 is 11.8 Å². The number of carbonyl (C=O) groups excluding carboxylic acids is 1. The van der Waals surface area contributed by atoms with Gasteiger partial charge in [0.1, 0.15) is 0 Å². The van der Waals surface area contributed by atoms with E-state index in [-0.39, 0.29) is 16.1 Å². The van der Waals surface area contributed by atoms with E-state index in [0.717, 1.165) is 4.90 Å². The van der Waals surface area contributed by atoms with Gasteiger partial charge in [0.15, 0.2) is 9.84 Å². The van der Waals surface area contributed by atoms with E-state index in [1.807, 2.05) is 6.92 Å². The highest BCUT2D eigenvalue weighted by atomic mass is 32.2.